The maximum absolute atomic E-state index is 10.9. The van der Waals surface area contributed by atoms with E-state index < -0.39 is 5.97 Å². The number of hydrogen-bond acceptors (Lipinski definition) is 4. The summed E-state index contributed by atoms with van der Waals surface area (Å²) in [6.07, 6.45) is 2.56. The average molecular weight is 239 g/mol. The number of carbonyl (C=O) groups is 1. The fourth-order valence-corrected chi connectivity index (χ4v) is 1.47. The minimum atomic E-state index is -0.969. The molecule has 0 aliphatic carbocycles. The predicted molar refractivity (Wildman–Crippen MR) is 62.6 cm³/mol. The Kier molecular flexibility index (Phi) is 5.42. The number of carboxylic acids is 1. The minimum Gasteiger partial charge on any atom is -0.481 e. The van der Waals surface area contributed by atoms with Crippen LogP contribution in [0.15, 0.2) is 12.1 Å². The van der Waals surface area contributed by atoms with E-state index in [1.165, 1.54) is 13.2 Å². The van der Waals surface area contributed by atoms with Crippen molar-refractivity contribution in [3.05, 3.63) is 23.4 Å². The predicted octanol–water partition coefficient (Wildman–Crippen LogP) is 1.76. The van der Waals surface area contributed by atoms with Gasteiger partial charge in [-0.15, -0.1) is 0 Å². The lowest BCUT2D eigenvalue weighted by Crippen LogP contribution is -2.02. The van der Waals surface area contributed by atoms with Gasteiger partial charge in [0.25, 0.3) is 0 Å². The number of ether oxygens (including phenoxy) is 2. The van der Waals surface area contributed by atoms with E-state index in [1.54, 1.807) is 13.2 Å². The first kappa shape index (κ1) is 13.4. The highest BCUT2D eigenvalue weighted by Gasteiger charge is 2.08. The van der Waals surface area contributed by atoms with Gasteiger partial charge < -0.3 is 14.6 Å². The molecule has 0 atom stereocenters. The number of rotatable bonds is 7. The largest absolute Gasteiger partial charge is 0.481 e. The summed E-state index contributed by atoms with van der Waals surface area (Å²) in [5, 5.41) is 8.94. The standard InChI is InChI=1S/C12H17NO4/c1-16-6-4-3-5-10-7-9(12(14)15)8-11(13-10)17-2/h7-8H,3-6H2,1-2H3,(H,14,15). The molecule has 5 nitrogen and oxygen atoms in total. The van der Waals surface area contributed by atoms with E-state index in [0.29, 0.717) is 12.5 Å². The van der Waals surface area contributed by atoms with Gasteiger partial charge in [0.05, 0.1) is 12.7 Å². The normalized spacial score (nSPS) is 10.2. The number of aryl methyl sites for hydroxylation is 1. The fourth-order valence-electron chi connectivity index (χ4n) is 1.47. The Morgan fingerprint density at radius 3 is 2.71 bits per heavy atom. The van der Waals surface area contributed by atoms with Crippen LogP contribution in [0.1, 0.15) is 28.9 Å². The number of methoxy groups -OCH3 is 2. The molecule has 0 amide bonds. The smallest absolute Gasteiger partial charge is 0.335 e. The Balaban J connectivity index is 2.70. The first-order valence-corrected chi connectivity index (χ1v) is 5.44. The van der Waals surface area contributed by atoms with Gasteiger partial charge >= 0.3 is 5.97 Å². The molecule has 0 saturated carbocycles. The van der Waals surface area contributed by atoms with Crippen LogP contribution in [0, 0.1) is 0 Å². The second kappa shape index (κ2) is 6.85. The molecule has 5 heteroatoms. The molecule has 0 unspecified atom stereocenters. The molecule has 1 N–H and O–H groups in total. The summed E-state index contributed by atoms with van der Waals surface area (Å²) in [7, 11) is 3.13. The summed E-state index contributed by atoms with van der Waals surface area (Å²) < 4.78 is 9.92. The third kappa shape index (κ3) is 4.40. The number of unbranched alkanes of at least 4 members (excludes halogenated alkanes) is 1. The Morgan fingerprint density at radius 2 is 2.12 bits per heavy atom. The van der Waals surface area contributed by atoms with Crippen molar-refractivity contribution < 1.29 is 19.4 Å². The highest BCUT2D eigenvalue weighted by atomic mass is 16.5. The van der Waals surface area contributed by atoms with Crippen molar-refractivity contribution in [2.45, 2.75) is 19.3 Å². The molecule has 0 aromatic carbocycles. The zero-order valence-corrected chi connectivity index (χ0v) is 10.1. The van der Waals surface area contributed by atoms with Gasteiger partial charge in [-0.1, -0.05) is 0 Å². The molecule has 17 heavy (non-hydrogen) atoms. The van der Waals surface area contributed by atoms with Gasteiger partial charge in [-0.25, -0.2) is 9.78 Å². The summed E-state index contributed by atoms with van der Waals surface area (Å²) >= 11 is 0. The third-order valence-electron chi connectivity index (χ3n) is 2.34. The summed E-state index contributed by atoms with van der Waals surface area (Å²) in [5.74, 6) is -0.629. The number of nitrogens with zero attached hydrogens (tertiary/aromatic N) is 1. The van der Waals surface area contributed by atoms with E-state index in [1.807, 2.05) is 0 Å². The Morgan fingerprint density at radius 1 is 1.35 bits per heavy atom. The van der Waals surface area contributed by atoms with Crippen LogP contribution < -0.4 is 4.74 Å². The first-order chi connectivity index (χ1) is 8.17. The number of carboxylic acid groups (broad SMARTS) is 1. The van der Waals surface area contributed by atoms with Gasteiger partial charge in [-0.2, -0.15) is 0 Å². The molecular weight excluding hydrogens is 222 g/mol. The zero-order chi connectivity index (χ0) is 12.7. The molecule has 0 aliphatic rings. The highest BCUT2D eigenvalue weighted by molar-refractivity contribution is 5.88. The number of hydrogen-bond donors (Lipinski definition) is 1. The molecule has 1 rings (SSSR count). The maximum atomic E-state index is 10.9. The summed E-state index contributed by atoms with van der Waals surface area (Å²) in [6, 6.07) is 3.00. The van der Waals surface area contributed by atoms with Crippen molar-refractivity contribution in [3.63, 3.8) is 0 Å². The average Bonchev–Trinajstić information content (AvgIpc) is 2.34. The first-order valence-electron chi connectivity index (χ1n) is 5.44. The quantitative estimate of drug-likeness (QED) is 0.734. The van der Waals surface area contributed by atoms with Crippen molar-refractivity contribution in [2.75, 3.05) is 20.8 Å². The molecule has 1 aromatic rings. The van der Waals surface area contributed by atoms with Crippen molar-refractivity contribution in [1.29, 1.82) is 0 Å². The van der Waals surface area contributed by atoms with Crippen LogP contribution in [-0.2, 0) is 11.2 Å². The molecule has 0 saturated heterocycles. The third-order valence-corrected chi connectivity index (χ3v) is 2.34. The van der Waals surface area contributed by atoms with Gasteiger partial charge in [0, 0.05) is 25.5 Å². The van der Waals surface area contributed by atoms with Crippen LogP contribution >= 0.6 is 0 Å². The molecule has 0 spiro atoms. The SMILES string of the molecule is COCCCCc1cc(C(=O)O)cc(OC)n1. The van der Waals surface area contributed by atoms with E-state index in [2.05, 4.69) is 4.98 Å². The van der Waals surface area contributed by atoms with Crippen LogP contribution in [0.5, 0.6) is 5.88 Å². The van der Waals surface area contributed by atoms with Crippen LogP contribution in [-0.4, -0.2) is 36.9 Å². The highest BCUT2D eigenvalue weighted by Crippen LogP contribution is 2.14. The van der Waals surface area contributed by atoms with Gasteiger partial charge in [0.15, 0.2) is 0 Å². The number of aromatic carboxylic acids is 1. The Labute approximate surface area is 100 Å². The van der Waals surface area contributed by atoms with Crippen LogP contribution in [0.2, 0.25) is 0 Å². The van der Waals surface area contributed by atoms with Gasteiger partial charge in [0.1, 0.15) is 0 Å². The van der Waals surface area contributed by atoms with Crippen LogP contribution in [0.25, 0.3) is 0 Å². The van der Waals surface area contributed by atoms with E-state index in [-0.39, 0.29) is 5.56 Å². The lowest BCUT2D eigenvalue weighted by molar-refractivity contribution is 0.0696. The van der Waals surface area contributed by atoms with Gasteiger partial charge in [-0.05, 0) is 25.3 Å². The van der Waals surface area contributed by atoms with E-state index in [9.17, 15) is 4.79 Å². The Hall–Kier alpha value is -1.62. The molecule has 0 aliphatic heterocycles. The fraction of sp³-hybridized carbons (Fsp3) is 0.500. The zero-order valence-electron chi connectivity index (χ0n) is 10.1. The lowest BCUT2D eigenvalue weighted by atomic mass is 10.1. The number of aromatic nitrogens is 1. The monoisotopic (exact) mass is 239 g/mol. The molecule has 1 heterocycles. The second-order valence-corrected chi connectivity index (χ2v) is 3.64. The van der Waals surface area contributed by atoms with Crippen molar-refractivity contribution >= 4 is 5.97 Å². The molecule has 0 fully saturated rings. The van der Waals surface area contributed by atoms with Crippen molar-refractivity contribution in [3.8, 4) is 5.88 Å². The van der Waals surface area contributed by atoms with E-state index >= 15 is 0 Å². The maximum Gasteiger partial charge on any atom is 0.335 e. The molecule has 94 valence electrons. The van der Waals surface area contributed by atoms with Crippen molar-refractivity contribution in [1.82, 2.24) is 4.98 Å². The Bertz CT molecular complexity index is 379. The topological polar surface area (TPSA) is 68.7 Å². The summed E-state index contributed by atoms with van der Waals surface area (Å²) in [4.78, 5) is 15.1. The van der Waals surface area contributed by atoms with Crippen LogP contribution in [0.4, 0.5) is 0 Å². The minimum absolute atomic E-state index is 0.207. The summed E-state index contributed by atoms with van der Waals surface area (Å²) in [5.41, 5.74) is 0.941. The van der Waals surface area contributed by atoms with Crippen molar-refractivity contribution in [2.24, 2.45) is 0 Å². The summed E-state index contributed by atoms with van der Waals surface area (Å²) in [6.45, 7) is 0.704. The molecule has 1 aromatic heterocycles. The second-order valence-electron chi connectivity index (χ2n) is 3.64. The van der Waals surface area contributed by atoms with Gasteiger partial charge in [0.2, 0.25) is 5.88 Å². The van der Waals surface area contributed by atoms with Crippen LogP contribution in [0.3, 0.4) is 0 Å². The molecular formula is C12H17NO4. The van der Waals surface area contributed by atoms with Gasteiger partial charge in [-0.3, -0.25) is 0 Å². The number of pyridine rings is 1. The molecule has 0 bridgehead atoms. The van der Waals surface area contributed by atoms with E-state index in [4.69, 9.17) is 14.6 Å². The lowest BCUT2D eigenvalue weighted by Gasteiger charge is -2.05. The molecule has 0 radical (unpaired) electrons. The van der Waals surface area contributed by atoms with E-state index in [0.717, 1.165) is 25.0 Å².